The molecule has 0 aromatic heterocycles. The van der Waals surface area contributed by atoms with Gasteiger partial charge in [0, 0.05) is 16.8 Å². The fourth-order valence-electron chi connectivity index (χ4n) is 3.30. The van der Waals surface area contributed by atoms with Gasteiger partial charge in [0.2, 0.25) is 0 Å². The molecule has 1 amide bonds. The maximum absolute atomic E-state index is 12.8. The highest BCUT2D eigenvalue weighted by Gasteiger charge is 2.13. The fourth-order valence-corrected chi connectivity index (χ4v) is 3.30. The molecule has 30 heavy (non-hydrogen) atoms. The van der Waals surface area contributed by atoms with Crippen molar-refractivity contribution in [3.8, 4) is 11.5 Å². The van der Waals surface area contributed by atoms with E-state index in [2.05, 4.69) is 25.2 Å². The standard InChI is InChI=1S/C26H29NO3/c1-17(2)23-8-6-7-9-25(23)30-16-21-15-20(11-13-24(21)29-5)26(28)27-22-12-10-18(3)19(4)14-22/h6-15,17H,16H2,1-5H3,(H,27,28). The number of nitrogens with one attached hydrogen (secondary N) is 1. The maximum Gasteiger partial charge on any atom is 0.255 e. The van der Waals surface area contributed by atoms with E-state index in [-0.39, 0.29) is 5.91 Å². The van der Waals surface area contributed by atoms with E-state index < -0.39 is 0 Å². The summed E-state index contributed by atoms with van der Waals surface area (Å²) < 4.78 is 11.6. The Morgan fingerprint density at radius 3 is 2.40 bits per heavy atom. The van der Waals surface area contributed by atoms with E-state index in [1.807, 2.05) is 62.4 Å². The number of carbonyl (C=O) groups excluding carboxylic acids is 1. The molecule has 0 aliphatic carbocycles. The van der Waals surface area contributed by atoms with E-state index in [0.29, 0.717) is 23.8 Å². The Bertz CT molecular complexity index is 1040. The van der Waals surface area contributed by atoms with Crippen LogP contribution in [-0.4, -0.2) is 13.0 Å². The second-order valence-electron chi connectivity index (χ2n) is 7.76. The predicted octanol–water partition coefficient (Wildman–Crippen LogP) is 6.27. The van der Waals surface area contributed by atoms with Crippen LogP contribution in [0, 0.1) is 13.8 Å². The number of rotatable bonds is 7. The van der Waals surface area contributed by atoms with Crippen LogP contribution < -0.4 is 14.8 Å². The minimum atomic E-state index is -0.162. The third-order valence-electron chi connectivity index (χ3n) is 5.23. The van der Waals surface area contributed by atoms with Crippen molar-refractivity contribution < 1.29 is 14.3 Å². The van der Waals surface area contributed by atoms with Crippen LogP contribution in [0.4, 0.5) is 5.69 Å². The molecule has 4 heteroatoms. The number of aryl methyl sites for hydroxylation is 2. The summed E-state index contributed by atoms with van der Waals surface area (Å²) in [5.41, 5.74) is 5.65. The first-order chi connectivity index (χ1) is 14.4. The number of carbonyl (C=O) groups is 1. The van der Waals surface area contributed by atoms with Gasteiger partial charge in [0.25, 0.3) is 5.91 Å². The lowest BCUT2D eigenvalue weighted by atomic mass is 10.0. The van der Waals surface area contributed by atoms with Crippen LogP contribution in [0.3, 0.4) is 0 Å². The summed E-state index contributed by atoms with van der Waals surface area (Å²) in [6, 6.07) is 19.3. The predicted molar refractivity (Wildman–Crippen MR) is 122 cm³/mol. The molecule has 0 spiro atoms. The minimum Gasteiger partial charge on any atom is -0.496 e. The van der Waals surface area contributed by atoms with Gasteiger partial charge in [0.1, 0.15) is 18.1 Å². The van der Waals surface area contributed by atoms with Gasteiger partial charge >= 0.3 is 0 Å². The minimum absolute atomic E-state index is 0.162. The zero-order chi connectivity index (χ0) is 21.7. The molecule has 3 rings (SSSR count). The van der Waals surface area contributed by atoms with Gasteiger partial charge in [-0.2, -0.15) is 0 Å². The van der Waals surface area contributed by atoms with Crippen molar-refractivity contribution in [1.29, 1.82) is 0 Å². The van der Waals surface area contributed by atoms with Crippen LogP contribution in [0.1, 0.15) is 52.4 Å². The van der Waals surface area contributed by atoms with Gasteiger partial charge < -0.3 is 14.8 Å². The fraction of sp³-hybridized carbons (Fsp3) is 0.269. The number of hydrogen-bond acceptors (Lipinski definition) is 3. The smallest absolute Gasteiger partial charge is 0.255 e. The Balaban J connectivity index is 1.79. The monoisotopic (exact) mass is 403 g/mol. The molecular weight excluding hydrogens is 374 g/mol. The summed E-state index contributed by atoms with van der Waals surface area (Å²) in [6.07, 6.45) is 0. The lowest BCUT2D eigenvalue weighted by Gasteiger charge is -2.16. The molecule has 3 aromatic rings. The molecule has 0 aliphatic heterocycles. The molecule has 0 fully saturated rings. The molecule has 0 unspecified atom stereocenters. The summed E-state index contributed by atoms with van der Waals surface area (Å²) in [5, 5.41) is 2.97. The summed E-state index contributed by atoms with van der Waals surface area (Å²) in [7, 11) is 1.62. The molecule has 3 aromatic carbocycles. The van der Waals surface area contributed by atoms with Gasteiger partial charge in [0.15, 0.2) is 0 Å². The average Bonchev–Trinajstić information content (AvgIpc) is 2.74. The van der Waals surface area contributed by atoms with E-state index >= 15 is 0 Å². The van der Waals surface area contributed by atoms with Crippen molar-refractivity contribution in [2.45, 2.75) is 40.2 Å². The Labute approximate surface area is 178 Å². The molecule has 0 saturated heterocycles. The lowest BCUT2D eigenvalue weighted by Crippen LogP contribution is -2.13. The third kappa shape index (κ3) is 5.01. The van der Waals surface area contributed by atoms with Crippen LogP contribution in [0.15, 0.2) is 60.7 Å². The molecule has 0 atom stereocenters. The van der Waals surface area contributed by atoms with Gasteiger partial charge in [-0.1, -0.05) is 38.1 Å². The van der Waals surface area contributed by atoms with Gasteiger partial charge in [0.05, 0.1) is 7.11 Å². The van der Waals surface area contributed by atoms with Gasteiger partial charge in [-0.15, -0.1) is 0 Å². The van der Waals surface area contributed by atoms with Crippen molar-refractivity contribution in [3.63, 3.8) is 0 Å². The molecule has 0 saturated carbocycles. The van der Waals surface area contributed by atoms with Gasteiger partial charge in [-0.3, -0.25) is 4.79 Å². The first kappa shape index (κ1) is 21.4. The van der Waals surface area contributed by atoms with Crippen LogP contribution in [0.25, 0.3) is 0 Å². The normalized spacial score (nSPS) is 10.7. The number of benzene rings is 3. The number of hydrogen-bond donors (Lipinski definition) is 1. The highest BCUT2D eigenvalue weighted by atomic mass is 16.5. The SMILES string of the molecule is COc1ccc(C(=O)Nc2ccc(C)c(C)c2)cc1COc1ccccc1C(C)C. The Morgan fingerprint density at radius 1 is 0.933 bits per heavy atom. The van der Waals surface area contributed by atoms with E-state index in [1.165, 1.54) is 5.56 Å². The van der Waals surface area contributed by atoms with E-state index in [0.717, 1.165) is 28.1 Å². The van der Waals surface area contributed by atoms with Crippen molar-refractivity contribution in [2.75, 3.05) is 12.4 Å². The van der Waals surface area contributed by atoms with E-state index in [9.17, 15) is 4.79 Å². The van der Waals surface area contributed by atoms with E-state index in [1.54, 1.807) is 13.2 Å². The van der Waals surface area contributed by atoms with Crippen LogP contribution in [-0.2, 0) is 6.61 Å². The molecular formula is C26H29NO3. The Hall–Kier alpha value is -3.27. The molecule has 4 nitrogen and oxygen atoms in total. The van der Waals surface area contributed by atoms with Crippen LogP contribution in [0.5, 0.6) is 11.5 Å². The number of amides is 1. The van der Waals surface area contributed by atoms with Crippen molar-refractivity contribution in [2.24, 2.45) is 0 Å². The number of methoxy groups -OCH3 is 1. The highest BCUT2D eigenvalue weighted by Crippen LogP contribution is 2.28. The molecule has 156 valence electrons. The first-order valence-electron chi connectivity index (χ1n) is 10.2. The lowest BCUT2D eigenvalue weighted by molar-refractivity contribution is 0.102. The number of ether oxygens (including phenoxy) is 2. The average molecular weight is 404 g/mol. The van der Waals surface area contributed by atoms with Crippen molar-refractivity contribution >= 4 is 11.6 Å². The second kappa shape index (κ2) is 9.49. The second-order valence-corrected chi connectivity index (χ2v) is 7.76. The quantitative estimate of drug-likeness (QED) is 0.506. The molecule has 1 N–H and O–H groups in total. The van der Waals surface area contributed by atoms with Gasteiger partial charge in [-0.25, -0.2) is 0 Å². The van der Waals surface area contributed by atoms with Crippen molar-refractivity contribution in [1.82, 2.24) is 0 Å². The van der Waals surface area contributed by atoms with Crippen molar-refractivity contribution in [3.05, 3.63) is 88.5 Å². The summed E-state index contributed by atoms with van der Waals surface area (Å²) >= 11 is 0. The summed E-state index contributed by atoms with van der Waals surface area (Å²) in [4.78, 5) is 12.8. The van der Waals surface area contributed by atoms with Crippen LogP contribution in [0.2, 0.25) is 0 Å². The zero-order valence-electron chi connectivity index (χ0n) is 18.3. The Morgan fingerprint density at radius 2 is 1.70 bits per heavy atom. The zero-order valence-corrected chi connectivity index (χ0v) is 18.3. The molecule has 0 bridgehead atoms. The number of para-hydroxylation sites is 1. The number of anilines is 1. The molecule has 0 aliphatic rings. The summed E-state index contributed by atoms with van der Waals surface area (Å²) in [6.45, 7) is 8.68. The summed E-state index contributed by atoms with van der Waals surface area (Å²) in [5.74, 6) is 1.74. The highest BCUT2D eigenvalue weighted by molar-refractivity contribution is 6.04. The molecule has 0 heterocycles. The van der Waals surface area contributed by atoms with Crippen LogP contribution >= 0.6 is 0 Å². The topological polar surface area (TPSA) is 47.6 Å². The largest absolute Gasteiger partial charge is 0.496 e. The molecule has 0 radical (unpaired) electrons. The third-order valence-corrected chi connectivity index (χ3v) is 5.23. The first-order valence-corrected chi connectivity index (χ1v) is 10.2. The Kier molecular flexibility index (Phi) is 6.78. The van der Waals surface area contributed by atoms with E-state index in [4.69, 9.17) is 9.47 Å². The maximum atomic E-state index is 12.8. The van der Waals surface area contributed by atoms with Gasteiger partial charge in [-0.05, 0) is 72.9 Å².